The lowest BCUT2D eigenvalue weighted by atomic mass is 9.75. The summed E-state index contributed by atoms with van der Waals surface area (Å²) in [6, 6.07) is 0. The molecule has 2 fully saturated rings. The highest BCUT2D eigenvalue weighted by molar-refractivity contribution is 7.08. The lowest BCUT2D eigenvalue weighted by molar-refractivity contribution is 0.0524. The van der Waals surface area contributed by atoms with Crippen LogP contribution in [0.5, 0.6) is 0 Å². The van der Waals surface area contributed by atoms with Crippen LogP contribution in [-0.2, 0) is 6.42 Å². The van der Waals surface area contributed by atoms with Gasteiger partial charge in [-0.15, -0.1) is 5.10 Å². The highest BCUT2D eigenvalue weighted by Gasteiger charge is 2.34. The number of piperidine rings is 1. The lowest BCUT2D eigenvalue weighted by Gasteiger charge is -2.41. The fourth-order valence-corrected chi connectivity index (χ4v) is 4.25. The number of nitrogens with zero attached hydrogens (tertiary/aromatic N) is 3. The Morgan fingerprint density at radius 1 is 1.32 bits per heavy atom. The number of aromatic nitrogens is 2. The van der Waals surface area contributed by atoms with E-state index in [-0.39, 0.29) is 5.91 Å². The molecule has 4 nitrogen and oxygen atoms in total. The van der Waals surface area contributed by atoms with E-state index in [1.807, 2.05) is 11.8 Å². The van der Waals surface area contributed by atoms with Crippen LogP contribution in [-0.4, -0.2) is 33.5 Å². The fraction of sp³-hybridized carbons (Fsp3) is 0.786. The Balaban J connectivity index is 1.71. The van der Waals surface area contributed by atoms with Gasteiger partial charge in [-0.2, -0.15) is 0 Å². The lowest BCUT2D eigenvalue weighted by Crippen LogP contribution is -2.44. The van der Waals surface area contributed by atoms with Crippen molar-refractivity contribution >= 4 is 17.4 Å². The third-order valence-electron chi connectivity index (χ3n) is 4.66. The molecular formula is C14H21N3OS. The van der Waals surface area contributed by atoms with Crippen molar-refractivity contribution < 1.29 is 4.79 Å². The molecule has 2 atom stereocenters. The van der Waals surface area contributed by atoms with Crippen LogP contribution in [0.1, 0.15) is 54.4 Å². The third kappa shape index (κ3) is 2.53. The number of amides is 1. The van der Waals surface area contributed by atoms with E-state index in [0.717, 1.165) is 41.9 Å². The highest BCUT2D eigenvalue weighted by Crippen LogP contribution is 2.36. The topological polar surface area (TPSA) is 46.1 Å². The Kier molecular flexibility index (Phi) is 3.82. The van der Waals surface area contributed by atoms with Crippen molar-refractivity contribution in [3.8, 4) is 0 Å². The van der Waals surface area contributed by atoms with Gasteiger partial charge >= 0.3 is 0 Å². The van der Waals surface area contributed by atoms with Gasteiger partial charge in [0.1, 0.15) is 4.88 Å². The van der Waals surface area contributed by atoms with Gasteiger partial charge in [0.15, 0.2) is 0 Å². The Morgan fingerprint density at radius 3 is 2.89 bits per heavy atom. The first-order valence-corrected chi connectivity index (χ1v) is 8.17. The van der Waals surface area contributed by atoms with Gasteiger partial charge in [-0.1, -0.05) is 30.7 Å². The van der Waals surface area contributed by atoms with E-state index in [1.165, 1.54) is 43.6 Å². The molecule has 3 rings (SSSR count). The molecule has 0 bridgehead atoms. The summed E-state index contributed by atoms with van der Waals surface area (Å²) < 4.78 is 3.93. The maximum absolute atomic E-state index is 12.6. The number of hydrogen-bond donors (Lipinski definition) is 0. The van der Waals surface area contributed by atoms with Crippen LogP contribution in [0.25, 0.3) is 0 Å². The summed E-state index contributed by atoms with van der Waals surface area (Å²) in [6.45, 7) is 3.90. The molecule has 1 aliphatic heterocycles. The number of fused-ring (bicyclic) bond motifs is 1. The van der Waals surface area contributed by atoms with Crippen molar-refractivity contribution in [3.63, 3.8) is 0 Å². The molecule has 0 N–H and O–H groups in total. The molecule has 2 heterocycles. The van der Waals surface area contributed by atoms with Crippen molar-refractivity contribution in [1.29, 1.82) is 0 Å². The monoisotopic (exact) mass is 279 g/mol. The largest absolute Gasteiger partial charge is 0.338 e. The van der Waals surface area contributed by atoms with Crippen molar-refractivity contribution in [2.75, 3.05) is 13.1 Å². The Bertz CT molecular complexity index is 459. The molecule has 1 saturated heterocycles. The Labute approximate surface area is 118 Å². The van der Waals surface area contributed by atoms with E-state index in [2.05, 4.69) is 9.59 Å². The maximum atomic E-state index is 12.6. The molecule has 5 heteroatoms. The van der Waals surface area contributed by atoms with Gasteiger partial charge in [0.05, 0.1) is 5.69 Å². The molecule has 2 aliphatic rings. The van der Waals surface area contributed by atoms with Crippen LogP contribution in [0.3, 0.4) is 0 Å². The summed E-state index contributed by atoms with van der Waals surface area (Å²) in [7, 11) is 0. The second kappa shape index (κ2) is 5.57. The smallest absolute Gasteiger partial charge is 0.267 e. The summed E-state index contributed by atoms with van der Waals surface area (Å²) in [6.07, 6.45) is 7.37. The number of rotatable bonds is 2. The van der Waals surface area contributed by atoms with Crippen molar-refractivity contribution in [2.45, 2.75) is 45.4 Å². The zero-order valence-corrected chi connectivity index (χ0v) is 12.3. The first-order valence-electron chi connectivity index (χ1n) is 7.40. The molecule has 1 aromatic rings. The number of hydrogen-bond acceptors (Lipinski definition) is 4. The van der Waals surface area contributed by atoms with E-state index in [9.17, 15) is 4.79 Å². The van der Waals surface area contributed by atoms with E-state index >= 15 is 0 Å². The Hall–Kier alpha value is -0.970. The quantitative estimate of drug-likeness (QED) is 0.836. The van der Waals surface area contributed by atoms with Gasteiger partial charge in [0, 0.05) is 13.1 Å². The summed E-state index contributed by atoms with van der Waals surface area (Å²) in [4.78, 5) is 15.4. The molecule has 1 aromatic heterocycles. The highest BCUT2D eigenvalue weighted by atomic mass is 32.1. The van der Waals surface area contributed by atoms with Crippen LogP contribution in [0, 0.1) is 11.8 Å². The molecule has 0 radical (unpaired) electrons. The summed E-state index contributed by atoms with van der Waals surface area (Å²) >= 11 is 1.25. The van der Waals surface area contributed by atoms with Gasteiger partial charge in [-0.25, -0.2) is 0 Å². The predicted molar refractivity (Wildman–Crippen MR) is 75.3 cm³/mol. The molecule has 1 saturated carbocycles. The summed E-state index contributed by atoms with van der Waals surface area (Å²) in [5, 5.41) is 4.05. The van der Waals surface area contributed by atoms with E-state index < -0.39 is 0 Å². The van der Waals surface area contributed by atoms with Gasteiger partial charge in [0.2, 0.25) is 0 Å². The minimum atomic E-state index is 0.163. The van der Waals surface area contributed by atoms with E-state index in [1.54, 1.807) is 0 Å². The first-order chi connectivity index (χ1) is 9.29. The summed E-state index contributed by atoms with van der Waals surface area (Å²) in [5.74, 6) is 1.76. The molecule has 1 aliphatic carbocycles. The summed E-state index contributed by atoms with van der Waals surface area (Å²) in [5.41, 5.74) is 0.862. The van der Waals surface area contributed by atoms with Gasteiger partial charge < -0.3 is 4.90 Å². The second-order valence-corrected chi connectivity index (χ2v) is 6.50. The van der Waals surface area contributed by atoms with Gasteiger partial charge in [-0.3, -0.25) is 4.79 Å². The zero-order chi connectivity index (χ0) is 13.2. The van der Waals surface area contributed by atoms with Crippen molar-refractivity contribution in [3.05, 3.63) is 10.6 Å². The van der Waals surface area contributed by atoms with Crippen LogP contribution in [0.15, 0.2) is 0 Å². The van der Waals surface area contributed by atoms with E-state index in [4.69, 9.17) is 0 Å². The Morgan fingerprint density at radius 2 is 2.11 bits per heavy atom. The van der Waals surface area contributed by atoms with Gasteiger partial charge in [0.25, 0.3) is 5.91 Å². The maximum Gasteiger partial charge on any atom is 0.267 e. The normalized spacial score (nSPS) is 27.1. The van der Waals surface area contributed by atoms with Crippen molar-refractivity contribution in [2.24, 2.45) is 11.8 Å². The number of aryl methyl sites for hydroxylation is 1. The van der Waals surface area contributed by atoms with Gasteiger partial charge in [-0.05, 0) is 42.6 Å². The standard InChI is InChI=1S/C14H21N3OS/c1-2-12-13(19-16-15-12)14(18)17-8-7-10-5-3-4-6-11(10)9-17/h10-11H,2-9H2,1H3/t10-,11-/m0/s1. The van der Waals surface area contributed by atoms with Crippen LogP contribution in [0.2, 0.25) is 0 Å². The molecule has 0 aromatic carbocycles. The first kappa shape index (κ1) is 13.0. The average molecular weight is 279 g/mol. The molecule has 0 unspecified atom stereocenters. The second-order valence-electron chi connectivity index (χ2n) is 5.75. The van der Waals surface area contributed by atoms with Crippen molar-refractivity contribution in [1.82, 2.24) is 14.5 Å². The molecule has 0 spiro atoms. The average Bonchev–Trinajstić information content (AvgIpc) is 2.94. The van der Waals surface area contributed by atoms with Crippen LogP contribution >= 0.6 is 11.5 Å². The minimum Gasteiger partial charge on any atom is -0.338 e. The fourth-order valence-electron chi connectivity index (χ4n) is 3.53. The van der Waals surface area contributed by atoms with E-state index in [0.29, 0.717) is 0 Å². The number of carbonyl (C=O) groups excluding carboxylic acids is 1. The third-order valence-corrected chi connectivity index (χ3v) is 5.42. The number of likely N-dealkylation sites (tertiary alicyclic amines) is 1. The molecule has 19 heavy (non-hydrogen) atoms. The zero-order valence-electron chi connectivity index (χ0n) is 11.5. The molecular weight excluding hydrogens is 258 g/mol. The molecule has 1 amide bonds. The molecule has 104 valence electrons. The SMILES string of the molecule is CCc1nnsc1C(=O)N1CC[C@@H]2CCCC[C@H]2C1. The van der Waals surface area contributed by atoms with Crippen LogP contribution < -0.4 is 0 Å². The predicted octanol–water partition coefficient (Wildman–Crippen LogP) is 2.75. The number of carbonyl (C=O) groups is 1. The van der Waals surface area contributed by atoms with Crippen LogP contribution in [0.4, 0.5) is 0 Å². The minimum absolute atomic E-state index is 0.163.